The molecular weight excluding hydrogens is 292 g/mol. The van der Waals surface area contributed by atoms with Crippen LogP contribution in [0.2, 0.25) is 0 Å². The van der Waals surface area contributed by atoms with Crippen LogP contribution in [0.4, 0.5) is 17.1 Å². The van der Waals surface area contributed by atoms with E-state index in [1.807, 2.05) is 0 Å². The van der Waals surface area contributed by atoms with Crippen molar-refractivity contribution >= 4 is 23.0 Å². The van der Waals surface area contributed by atoms with Crippen LogP contribution in [0.3, 0.4) is 0 Å². The summed E-state index contributed by atoms with van der Waals surface area (Å²) in [6, 6.07) is 0.0472. The Morgan fingerprint density at radius 3 is 2.00 bits per heavy atom. The Morgan fingerprint density at radius 2 is 1.62 bits per heavy atom. The van der Waals surface area contributed by atoms with Gasteiger partial charge in [-0.25, -0.2) is 0 Å². The molecule has 112 valence electrons. The van der Waals surface area contributed by atoms with Crippen molar-refractivity contribution in [1.82, 2.24) is 0 Å². The van der Waals surface area contributed by atoms with E-state index in [1.165, 1.54) is 0 Å². The van der Waals surface area contributed by atoms with E-state index in [2.05, 4.69) is 0 Å². The van der Waals surface area contributed by atoms with Crippen LogP contribution in [0.15, 0.2) is 12.1 Å². The molecule has 3 N–H and O–H groups in total. The largest absolute Gasteiger partial charge is 0.480 e. The molecule has 0 aliphatic carbocycles. The van der Waals surface area contributed by atoms with E-state index in [9.17, 15) is 35.1 Å². The van der Waals surface area contributed by atoms with Crippen LogP contribution in [0.5, 0.6) is 0 Å². The van der Waals surface area contributed by atoms with Crippen molar-refractivity contribution in [2.75, 3.05) is 0 Å². The van der Waals surface area contributed by atoms with Gasteiger partial charge in [-0.1, -0.05) is 0 Å². The zero-order chi connectivity index (χ0) is 16.3. The van der Waals surface area contributed by atoms with Gasteiger partial charge in [-0.2, -0.15) is 0 Å². The van der Waals surface area contributed by atoms with E-state index < -0.39 is 50.3 Å². The number of carboxylic acid groups (broad SMARTS) is 1. The predicted molar refractivity (Wildman–Crippen MR) is 65.7 cm³/mol. The smallest absolute Gasteiger partial charge is 0.422 e. The third-order valence-electron chi connectivity index (χ3n) is 2.53. The Kier molecular flexibility index (Phi) is 4.45. The molecule has 0 aliphatic heterocycles. The van der Waals surface area contributed by atoms with Crippen LogP contribution in [-0.4, -0.2) is 31.9 Å². The van der Waals surface area contributed by atoms with Crippen molar-refractivity contribution in [2.45, 2.75) is 12.5 Å². The highest BCUT2D eigenvalue weighted by Crippen LogP contribution is 2.39. The van der Waals surface area contributed by atoms with Gasteiger partial charge in [0.05, 0.1) is 14.8 Å². The molecule has 0 saturated heterocycles. The molecule has 1 aromatic rings. The Morgan fingerprint density at radius 1 is 1.10 bits per heavy atom. The number of carbonyl (C=O) groups is 1. The van der Waals surface area contributed by atoms with Crippen molar-refractivity contribution in [2.24, 2.45) is 5.73 Å². The summed E-state index contributed by atoms with van der Waals surface area (Å²) in [6.07, 6.45) is -0.579. The number of nitro groups is 3. The minimum Gasteiger partial charge on any atom is -0.480 e. The number of nitrogens with two attached hydrogens (primary N) is 1. The SMILES string of the molecule is NC(Cc1ccc([N+](=O)[O-])c([N+](=O)[O-])c1[N+](=O)[O-])C(=O)O. The minimum atomic E-state index is -1.54. The number of carboxylic acids is 1. The molecule has 21 heavy (non-hydrogen) atoms. The van der Waals surface area contributed by atoms with E-state index in [1.54, 1.807) is 0 Å². The molecule has 0 saturated carbocycles. The maximum atomic E-state index is 11.0. The first kappa shape index (κ1) is 15.9. The summed E-state index contributed by atoms with van der Waals surface area (Å²) in [5, 5.41) is 41.2. The fourth-order valence-electron chi connectivity index (χ4n) is 1.63. The lowest BCUT2D eigenvalue weighted by Gasteiger charge is -2.07. The predicted octanol–water partition coefficient (Wildman–Crippen LogP) is 0.366. The van der Waals surface area contributed by atoms with Crippen molar-refractivity contribution in [3.05, 3.63) is 48.0 Å². The zero-order valence-electron chi connectivity index (χ0n) is 10.2. The Bertz CT molecular complexity index is 643. The quantitative estimate of drug-likeness (QED) is 0.550. The van der Waals surface area contributed by atoms with Crippen LogP contribution in [0, 0.1) is 30.3 Å². The Balaban J connectivity index is 3.57. The Hall–Kier alpha value is -3.15. The fourth-order valence-corrected chi connectivity index (χ4v) is 1.63. The van der Waals surface area contributed by atoms with Gasteiger partial charge < -0.3 is 10.8 Å². The molecule has 0 radical (unpaired) electrons. The van der Waals surface area contributed by atoms with Gasteiger partial charge in [-0.15, -0.1) is 0 Å². The maximum Gasteiger partial charge on any atom is 0.422 e. The highest BCUT2D eigenvalue weighted by atomic mass is 16.6. The summed E-state index contributed by atoms with van der Waals surface area (Å²) in [6.45, 7) is 0. The first-order valence-corrected chi connectivity index (χ1v) is 5.24. The number of aliphatic carboxylic acids is 1. The lowest BCUT2D eigenvalue weighted by molar-refractivity contribution is -0.441. The number of hydrogen-bond acceptors (Lipinski definition) is 8. The average Bonchev–Trinajstić information content (AvgIpc) is 2.36. The monoisotopic (exact) mass is 300 g/mol. The van der Waals surface area contributed by atoms with Gasteiger partial charge in [-0.3, -0.25) is 35.1 Å². The summed E-state index contributed by atoms with van der Waals surface area (Å²) in [5.41, 5.74) is 1.35. The molecule has 0 amide bonds. The van der Waals surface area contributed by atoms with Crippen molar-refractivity contribution in [1.29, 1.82) is 0 Å². The van der Waals surface area contributed by atoms with E-state index >= 15 is 0 Å². The van der Waals surface area contributed by atoms with Gasteiger partial charge in [0.15, 0.2) is 0 Å². The summed E-state index contributed by atoms with van der Waals surface area (Å²) >= 11 is 0. The molecular formula is C9H8N4O8. The number of hydrogen-bond donors (Lipinski definition) is 2. The first-order valence-electron chi connectivity index (χ1n) is 5.24. The molecule has 0 bridgehead atoms. The summed E-state index contributed by atoms with van der Waals surface area (Å²) < 4.78 is 0. The lowest BCUT2D eigenvalue weighted by atomic mass is 10.0. The lowest BCUT2D eigenvalue weighted by Crippen LogP contribution is -2.32. The van der Waals surface area contributed by atoms with Crippen LogP contribution in [0.1, 0.15) is 5.56 Å². The standard InChI is InChI=1S/C9H8N4O8/c10-5(9(14)15)3-4-1-2-6(11(16)17)8(13(20)21)7(4)12(18)19/h1-2,5H,3,10H2,(H,14,15). The topological polar surface area (TPSA) is 193 Å². The third kappa shape index (κ3) is 3.24. The molecule has 0 fully saturated rings. The van der Waals surface area contributed by atoms with Crippen LogP contribution < -0.4 is 5.73 Å². The van der Waals surface area contributed by atoms with Gasteiger partial charge in [0, 0.05) is 18.1 Å². The second kappa shape index (κ2) is 5.87. The van der Waals surface area contributed by atoms with Gasteiger partial charge >= 0.3 is 23.0 Å². The second-order valence-electron chi connectivity index (χ2n) is 3.86. The van der Waals surface area contributed by atoms with E-state index in [-0.39, 0.29) is 5.56 Å². The summed E-state index contributed by atoms with van der Waals surface area (Å²) in [4.78, 5) is 39.6. The molecule has 0 heterocycles. The molecule has 12 heteroatoms. The molecule has 1 aromatic carbocycles. The minimum absolute atomic E-state index is 0.368. The normalized spacial score (nSPS) is 11.7. The van der Waals surface area contributed by atoms with E-state index in [0.717, 1.165) is 6.07 Å². The number of rotatable bonds is 6. The van der Waals surface area contributed by atoms with E-state index in [0.29, 0.717) is 6.07 Å². The maximum absolute atomic E-state index is 11.0. The molecule has 0 spiro atoms. The number of benzene rings is 1. The molecule has 1 unspecified atom stereocenters. The molecule has 1 atom stereocenters. The van der Waals surface area contributed by atoms with Crippen molar-refractivity contribution in [3.8, 4) is 0 Å². The van der Waals surface area contributed by atoms with Crippen molar-refractivity contribution in [3.63, 3.8) is 0 Å². The van der Waals surface area contributed by atoms with Crippen LogP contribution in [-0.2, 0) is 11.2 Å². The second-order valence-corrected chi connectivity index (χ2v) is 3.86. The zero-order valence-corrected chi connectivity index (χ0v) is 10.2. The van der Waals surface area contributed by atoms with Crippen molar-refractivity contribution < 1.29 is 24.7 Å². The molecule has 0 aliphatic rings. The molecule has 12 nitrogen and oxygen atoms in total. The van der Waals surface area contributed by atoms with Crippen LogP contribution in [0.25, 0.3) is 0 Å². The molecule has 1 rings (SSSR count). The van der Waals surface area contributed by atoms with Gasteiger partial charge in [0.2, 0.25) is 0 Å². The summed E-state index contributed by atoms with van der Waals surface area (Å²) in [7, 11) is 0. The molecule has 0 aromatic heterocycles. The Labute approximate surface area is 115 Å². The van der Waals surface area contributed by atoms with Gasteiger partial charge in [0.1, 0.15) is 6.04 Å². The highest BCUT2D eigenvalue weighted by molar-refractivity contribution is 5.75. The van der Waals surface area contributed by atoms with Gasteiger partial charge in [-0.05, 0) is 6.07 Å². The van der Waals surface area contributed by atoms with E-state index in [4.69, 9.17) is 10.8 Å². The highest BCUT2D eigenvalue weighted by Gasteiger charge is 2.39. The fraction of sp³-hybridized carbons (Fsp3) is 0.222. The van der Waals surface area contributed by atoms with Gasteiger partial charge in [0.25, 0.3) is 0 Å². The number of nitro benzene ring substituents is 3. The van der Waals surface area contributed by atoms with Crippen LogP contribution >= 0.6 is 0 Å². The average molecular weight is 300 g/mol. The summed E-state index contributed by atoms with van der Waals surface area (Å²) in [5.74, 6) is -1.47. The first-order chi connectivity index (χ1) is 9.66. The third-order valence-corrected chi connectivity index (χ3v) is 2.53. The number of nitrogens with zero attached hydrogens (tertiary/aromatic N) is 3.